The van der Waals surface area contributed by atoms with Crippen LogP contribution in [0.15, 0.2) is 17.3 Å². The van der Waals surface area contributed by atoms with E-state index in [0.717, 1.165) is 10.4 Å². The fourth-order valence-corrected chi connectivity index (χ4v) is 3.42. The van der Waals surface area contributed by atoms with E-state index in [1.54, 1.807) is 6.92 Å². The van der Waals surface area contributed by atoms with Gasteiger partial charge in [-0.2, -0.15) is 5.10 Å². The van der Waals surface area contributed by atoms with Crippen molar-refractivity contribution in [2.24, 2.45) is 5.73 Å². The number of hydrogen-bond acceptors (Lipinski definition) is 6. The quantitative estimate of drug-likeness (QED) is 0.633. The summed E-state index contributed by atoms with van der Waals surface area (Å²) in [7, 11) is 0. The number of nitrogens with one attached hydrogen (secondary N) is 2. The van der Waals surface area contributed by atoms with Crippen LogP contribution in [0.2, 0.25) is 0 Å². The van der Waals surface area contributed by atoms with Gasteiger partial charge in [0.1, 0.15) is 16.9 Å². The zero-order valence-corrected chi connectivity index (χ0v) is 13.7. The van der Waals surface area contributed by atoms with Gasteiger partial charge in [0.25, 0.3) is 11.5 Å². The number of fused-ring (bicyclic) bond motifs is 1. The van der Waals surface area contributed by atoms with Gasteiger partial charge in [0, 0.05) is 4.88 Å². The molecule has 0 saturated heterocycles. The topological polar surface area (TPSA) is 136 Å². The van der Waals surface area contributed by atoms with Crippen LogP contribution >= 0.6 is 11.3 Å². The maximum absolute atomic E-state index is 12.3. The number of amides is 2. The molecule has 3 rings (SSSR count). The Bertz CT molecular complexity index is 1020. The molecule has 2 amide bonds. The fourth-order valence-electron chi connectivity index (χ4n) is 2.33. The molecule has 3 aromatic heterocycles. The highest BCUT2D eigenvalue weighted by molar-refractivity contribution is 7.16. The average molecular weight is 346 g/mol. The summed E-state index contributed by atoms with van der Waals surface area (Å²) in [6.07, 6.45) is 2.60. The van der Waals surface area contributed by atoms with Crippen LogP contribution in [0.25, 0.3) is 11.0 Å². The van der Waals surface area contributed by atoms with Gasteiger partial charge in [-0.15, -0.1) is 11.3 Å². The molecule has 0 radical (unpaired) electrons. The standard InChI is InChI=1S/C14H14N6O3S/c1-6-7(2)24-14(10(6)11(15)22)19-9(21)4-20-12-8(3-18-20)13(23)17-5-16-12/h3,5H,4H2,1-2H3,(H2,15,22)(H,19,21)(H,16,17,23). The SMILES string of the molecule is Cc1sc(NC(=O)Cn2ncc3c(=O)[nH]cnc32)c(C(N)=O)c1C. The first-order valence-corrected chi connectivity index (χ1v) is 7.79. The smallest absolute Gasteiger partial charge is 0.261 e. The van der Waals surface area contributed by atoms with Crippen LogP contribution in [-0.2, 0) is 11.3 Å². The van der Waals surface area contributed by atoms with Crippen molar-refractivity contribution in [3.8, 4) is 0 Å². The molecule has 4 N–H and O–H groups in total. The number of anilines is 1. The van der Waals surface area contributed by atoms with Crippen LogP contribution in [-0.4, -0.2) is 31.6 Å². The van der Waals surface area contributed by atoms with Crippen molar-refractivity contribution in [3.05, 3.63) is 38.9 Å². The van der Waals surface area contributed by atoms with E-state index in [1.165, 1.54) is 28.5 Å². The fraction of sp³-hybridized carbons (Fsp3) is 0.214. The molecule has 0 aliphatic rings. The summed E-state index contributed by atoms with van der Waals surface area (Å²) in [6, 6.07) is 0. The number of H-pyrrole nitrogens is 1. The van der Waals surface area contributed by atoms with Crippen LogP contribution in [0.1, 0.15) is 20.8 Å². The van der Waals surface area contributed by atoms with E-state index in [4.69, 9.17) is 5.73 Å². The second-order valence-electron chi connectivity index (χ2n) is 5.17. The van der Waals surface area contributed by atoms with Gasteiger partial charge in [0.05, 0.1) is 18.1 Å². The lowest BCUT2D eigenvalue weighted by atomic mass is 10.1. The number of thiophene rings is 1. The van der Waals surface area contributed by atoms with Gasteiger partial charge in [-0.3, -0.25) is 14.4 Å². The number of aromatic amines is 1. The van der Waals surface area contributed by atoms with E-state index in [1.807, 2.05) is 6.92 Å². The summed E-state index contributed by atoms with van der Waals surface area (Å²) in [5.74, 6) is -0.990. The summed E-state index contributed by atoms with van der Waals surface area (Å²) in [6.45, 7) is 3.48. The molecule has 3 heterocycles. The summed E-state index contributed by atoms with van der Waals surface area (Å²) in [5.41, 5.74) is 6.42. The molecule has 0 unspecified atom stereocenters. The van der Waals surface area contributed by atoms with Gasteiger partial charge in [-0.1, -0.05) is 0 Å². The second-order valence-corrected chi connectivity index (χ2v) is 6.40. The Labute approximate surface area is 139 Å². The van der Waals surface area contributed by atoms with E-state index in [0.29, 0.717) is 21.6 Å². The third-order valence-electron chi connectivity index (χ3n) is 3.62. The van der Waals surface area contributed by atoms with Gasteiger partial charge in [-0.25, -0.2) is 9.67 Å². The highest BCUT2D eigenvalue weighted by Crippen LogP contribution is 2.31. The van der Waals surface area contributed by atoms with Crippen LogP contribution < -0.4 is 16.6 Å². The predicted octanol–water partition coefficient (Wildman–Crippen LogP) is 0.536. The largest absolute Gasteiger partial charge is 0.365 e. The maximum Gasteiger partial charge on any atom is 0.261 e. The minimum absolute atomic E-state index is 0.145. The van der Waals surface area contributed by atoms with Crippen molar-refractivity contribution in [1.29, 1.82) is 0 Å². The number of carbonyl (C=O) groups excluding carboxylic acids is 2. The predicted molar refractivity (Wildman–Crippen MR) is 89.1 cm³/mol. The zero-order valence-electron chi connectivity index (χ0n) is 12.9. The highest BCUT2D eigenvalue weighted by atomic mass is 32.1. The number of carbonyl (C=O) groups is 2. The molecular formula is C14H14N6O3S. The summed E-state index contributed by atoms with van der Waals surface area (Å²) in [5, 5.41) is 7.38. The average Bonchev–Trinajstić information content (AvgIpc) is 3.02. The third-order valence-corrected chi connectivity index (χ3v) is 4.74. The molecule has 124 valence electrons. The van der Waals surface area contributed by atoms with Crippen molar-refractivity contribution < 1.29 is 9.59 Å². The summed E-state index contributed by atoms with van der Waals surface area (Å²) >= 11 is 1.28. The van der Waals surface area contributed by atoms with E-state index < -0.39 is 11.8 Å². The summed E-state index contributed by atoms with van der Waals surface area (Å²) in [4.78, 5) is 42.8. The van der Waals surface area contributed by atoms with E-state index in [9.17, 15) is 14.4 Å². The number of nitrogens with zero attached hydrogens (tertiary/aromatic N) is 3. The molecule has 0 saturated carbocycles. The molecule has 0 aromatic carbocycles. The second kappa shape index (κ2) is 5.89. The Morgan fingerprint density at radius 2 is 2.17 bits per heavy atom. The van der Waals surface area contributed by atoms with Crippen molar-refractivity contribution in [2.75, 3.05) is 5.32 Å². The van der Waals surface area contributed by atoms with Crippen molar-refractivity contribution in [3.63, 3.8) is 0 Å². The number of rotatable bonds is 4. The number of aryl methyl sites for hydroxylation is 1. The Hall–Kier alpha value is -3.01. The number of nitrogens with two attached hydrogens (primary N) is 1. The minimum Gasteiger partial charge on any atom is -0.365 e. The lowest BCUT2D eigenvalue weighted by Gasteiger charge is -2.06. The zero-order chi connectivity index (χ0) is 17.4. The third kappa shape index (κ3) is 2.67. The van der Waals surface area contributed by atoms with E-state index >= 15 is 0 Å². The molecule has 10 heteroatoms. The van der Waals surface area contributed by atoms with E-state index in [2.05, 4.69) is 20.4 Å². The summed E-state index contributed by atoms with van der Waals surface area (Å²) < 4.78 is 1.32. The Kier molecular flexibility index (Phi) is 3.89. The van der Waals surface area contributed by atoms with Crippen molar-refractivity contribution >= 4 is 39.2 Å². The number of aromatic nitrogens is 4. The van der Waals surface area contributed by atoms with Crippen LogP contribution in [0.5, 0.6) is 0 Å². The molecule has 0 spiro atoms. The Morgan fingerprint density at radius 3 is 2.88 bits per heavy atom. The number of primary amides is 1. The lowest BCUT2D eigenvalue weighted by Crippen LogP contribution is -2.22. The van der Waals surface area contributed by atoms with Gasteiger partial charge in [0.2, 0.25) is 5.91 Å². The molecule has 0 fully saturated rings. The van der Waals surface area contributed by atoms with E-state index in [-0.39, 0.29) is 12.1 Å². The van der Waals surface area contributed by atoms with Gasteiger partial charge >= 0.3 is 0 Å². The molecule has 0 aliphatic carbocycles. The van der Waals surface area contributed by atoms with Crippen LogP contribution in [0, 0.1) is 13.8 Å². The minimum atomic E-state index is -0.593. The number of hydrogen-bond donors (Lipinski definition) is 3. The molecule has 24 heavy (non-hydrogen) atoms. The molecule has 0 aliphatic heterocycles. The molecule has 9 nitrogen and oxygen atoms in total. The molecule has 0 bridgehead atoms. The van der Waals surface area contributed by atoms with Crippen LogP contribution in [0.4, 0.5) is 5.00 Å². The first kappa shape index (κ1) is 15.9. The first-order valence-electron chi connectivity index (χ1n) is 6.97. The van der Waals surface area contributed by atoms with Gasteiger partial charge in [-0.05, 0) is 19.4 Å². The van der Waals surface area contributed by atoms with Gasteiger partial charge in [0.15, 0.2) is 5.65 Å². The Morgan fingerprint density at radius 1 is 1.42 bits per heavy atom. The highest BCUT2D eigenvalue weighted by Gasteiger charge is 2.19. The maximum atomic E-state index is 12.3. The lowest BCUT2D eigenvalue weighted by molar-refractivity contribution is -0.116. The molecule has 3 aromatic rings. The monoisotopic (exact) mass is 346 g/mol. The normalized spacial score (nSPS) is 10.9. The molecule has 0 atom stereocenters. The van der Waals surface area contributed by atoms with Crippen molar-refractivity contribution in [1.82, 2.24) is 19.7 Å². The molecular weight excluding hydrogens is 332 g/mol. The van der Waals surface area contributed by atoms with Gasteiger partial charge < -0.3 is 16.0 Å². The first-order chi connectivity index (χ1) is 11.4. The van der Waals surface area contributed by atoms with Crippen molar-refractivity contribution in [2.45, 2.75) is 20.4 Å². The Balaban J connectivity index is 1.86. The van der Waals surface area contributed by atoms with Crippen LogP contribution in [0.3, 0.4) is 0 Å².